The Hall–Kier alpha value is -4.13. The van der Waals surface area contributed by atoms with E-state index in [1.807, 2.05) is 30.3 Å². The number of methoxy groups -OCH3 is 1. The fourth-order valence-corrected chi connectivity index (χ4v) is 2.57. The van der Waals surface area contributed by atoms with Crippen LogP contribution in [-0.4, -0.2) is 31.4 Å². The summed E-state index contributed by atoms with van der Waals surface area (Å²) >= 11 is 0. The highest BCUT2D eigenvalue weighted by molar-refractivity contribution is 5.99. The monoisotopic (exact) mass is 404 g/mol. The third-order valence-corrected chi connectivity index (χ3v) is 4.09. The Bertz CT molecular complexity index is 1020. The minimum atomic E-state index is -0.458. The van der Waals surface area contributed by atoms with Gasteiger partial charge in [-0.3, -0.25) is 9.59 Å². The van der Waals surface area contributed by atoms with Gasteiger partial charge in [-0.25, -0.2) is 4.79 Å². The van der Waals surface area contributed by atoms with Crippen LogP contribution in [0, 0.1) is 0 Å². The van der Waals surface area contributed by atoms with Gasteiger partial charge in [-0.2, -0.15) is 0 Å². The molecule has 0 unspecified atom stereocenters. The normalized spacial score (nSPS) is 10.0. The van der Waals surface area contributed by atoms with E-state index >= 15 is 0 Å². The number of benzene rings is 3. The minimum absolute atomic E-state index is 0.195. The molecule has 0 heterocycles. The maximum atomic E-state index is 12.2. The van der Waals surface area contributed by atoms with Crippen LogP contribution in [0.5, 0.6) is 11.5 Å². The zero-order chi connectivity index (χ0) is 21.3. The van der Waals surface area contributed by atoms with Gasteiger partial charge in [-0.1, -0.05) is 18.2 Å². The molecule has 7 heteroatoms. The lowest BCUT2D eigenvalue weighted by Crippen LogP contribution is -2.32. The van der Waals surface area contributed by atoms with Gasteiger partial charge in [0.2, 0.25) is 5.91 Å². The molecule has 3 aromatic rings. The van der Waals surface area contributed by atoms with E-state index in [0.717, 1.165) is 0 Å². The molecule has 0 saturated carbocycles. The van der Waals surface area contributed by atoms with Gasteiger partial charge in [0.25, 0.3) is 5.91 Å². The first-order chi connectivity index (χ1) is 14.5. The van der Waals surface area contributed by atoms with Gasteiger partial charge in [-0.05, 0) is 60.7 Å². The largest absolute Gasteiger partial charge is 0.465 e. The van der Waals surface area contributed by atoms with E-state index in [-0.39, 0.29) is 12.5 Å². The Morgan fingerprint density at radius 3 is 2.00 bits per heavy atom. The molecular weight excluding hydrogens is 384 g/mol. The Morgan fingerprint density at radius 1 is 0.767 bits per heavy atom. The molecule has 0 fully saturated rings. The summed E-state index contributed by atoms with van der Waals surface area (Å²) in [5, 5.41) is 5.20. The van der Waals surface area contributed by atoms with Crippen molar-refractivity contribution in [2.45, 2.75) is 0 Å². The average Bonchev–Trinajstić information content (AvgIpc) is 2.78. The lowest BCUT2D eigenvalue weighted by atomic mass is 10.2. The molecule has 2 N–H and O–H groups in total. The van der Waals surface area contributed by atoms with Crippen molar-refractivity contribution in [3.63, 3.8) is 0 Å². The van der Waals surface area contributed by atoms with E-state index < -0.39 is 11.9 Å². The number of amides is 2. The van der Waals surface area contributed by atoms with Crippen molar-refractivity contribution < 1.29 is 23.9 Å². The summed E-state index contributed by atoms with van der Waals surface area (Å²) in [6.45, 7) is -0.195. The second-order valence-corrected chi connectivity index (χ2v) is 6.24. The molecule has 0 aliphatic rings. The van der Waals surface area contributed by atoms with Crippen LogP contribution in [0.3, 0.4) is 0 Å². The number of ether oxygens (including phenoxy) is 2. The fourth-order valence-electron chi connectivity index (χ4n) is 2.57. The van der Waals surface area contributed by atoms with E-state index in [0.29, 0.717) is 28.3 Å². The molecule has 0 aromatic heterocycles. The van der Waals surface area contributed by atoms with Gasteiger partial charge < -0.3 is 20.1 Å². The summed E-state index contributed by atoms with van der Waals surface area (Å²) in [5.74, 6) is 0.0767. The van der Waals surface area contributed by atoms with Crippen LogP contribution < -0.4 is 15.4 Å². The average molecular weight is 404 g/mol. The number of carbonyl (C=O) groups is 3. The molecule has 152 valence electrons. The zero-order valence-electron chi connectivity index (χ0n) is 16.3. The van der Waals surface area contributed by atoms with Crippen LogP contribution in [0.25, 0.3) is 0 Å². The lowest BCUT2D eigenvalue weighted by molar-refractivity contribution is -0.115. The summed E-state index contributed by atoms with van der Waals surface area (Å²) in [7, 11) is 1.30. The standard InChI is InChI=1S/C23H20N2O5/c1-29-23(28)17-7-11-18(12-8-17)25-21(26)15-24-22(27)16-9-13-20(14-10-16)30-19-5-3-2-4-6-19/h2-14H,15H2,1H3,(H,24,27)(H,25,26). The molecule has 30 heavy (non-hydrogen) atoms. The van der Waals surface area contributed by atoms with E-state index in [1.54, 1.807) is 48.5 Å². The van der Waals surface area contributed by atoms with Gasteiger partial charge in [-0.15, -0.1) is 0 Å². The van der Waals surface area contributed by atoms with Crippen molar-refractivity contribution in [3.05, 3.63) is 90.0 Å². The molecule has 3 rings (SSSR count). The lowest BCUT2D eigenvalue weighted by Gasteiger charge is -2.09. The van der Waals surface area contributed by atoms with Crippen LogP contribution in [-0.2, 0) is 9.53 Å². The molecule has 0 saturated heterocycles. The number of carbonyl (C=O) groups excluding carboxylic acids is 3. The number of hydrogen-bond donors (Lipinski definition) is 2. The van der Waals surface area contributed by atoms with E-state index in [1.165, 1.54) is 7.11 Å². The predicted octanol–water partition coefficient (Wildman–Crippen LogP) is 3.63. The maximum Gasteiger partial charge on any atom is 0.337 e. The van der Waals surface area contributed by atoms with Gasteiger partial charge in [0.1, 0.15) is 11.5 Å². The second-order valence-electron chi connectivity index (χ2n) is 6.24. The molecule has 0 atom stereocenters. The Morgan fingerprint density at radius 2 is 1.37 bits per heavy atom. The van der Waals surface area contributed by atoms with Crippen molar-refractivity contribution in [2.24, 2.45) is 0 Å². The van der Waals surface area contributed by atoms with Crippen molar-refractivity contribution in [1.82, 2.24) is 5.32 Å². The summed E-state index contributed by atoms with van der Waals surface area (Å²) < 4.78 is 10.3. The number of anilines is 1. The van der Waals surface area contributed by atoms with Crippen molar-refractivity contribution >= 4 is 23.5 Å². The Balaban J connectivity index is 1.48. The quantitative estimate of drug-likeness (QED) is 0.587. The van der Waals surface area contributed by atoms with Gasteiger partial charge in [0.15, 0.2) is 0 Å². The third-order valence-electron chi connectivity index (χ3n) is 4.09. The molecule has 0 aliphatic carbocycles. The van der Waals surface area contributed by atoms with Crippen LogP contribution in [0.1, 0.15) is 20.7 Å². The van der Waals surface area contributed by atoms with Crippen LogP contribution in [0.4, 0.5) is 5.69 Å². The Labute approximate surface area is 173 Å². The highest BCUT2D eigenvalue weighted by Gasteiger charge is 2.10. The molecular formula is C23H20N2O5. The summed E-state index contributed by atoms with van der Waals surface area (Å²) in [6.07, 6.45) is 0. The SMILES string of the molecule is COC(=O)c1ccc(NC(=O)CNC(=O)c2ccc(Oc3ccccc3)cc2)cc1. The minimum Gasteiger partial charge on any atom is -0.465 e. The molecule has 2 amide bonds. The molecule has 0 radical (unpaired) electrons. The molecule has 0 aliphatic heterocycles. The van der Waals surface area contributed by atoms with E-state index in [4.69, 9.17) is 4.74 Å². The number of hydrogen-bond acceptors (Lipinski definition) is 5. The first-order valence-electron chi connectivity index (χ1n) is 9.14. The molecule has 3 aromatic carbocycles. The number of rotatable bonds is 7. The highest BCUT2D eigenvalue weighted by Crippen LogP contribution is 2.21. The van der Waals surface area contributed by atoms with Crippen molar-refractivity contribution in [2.75, 3.05) is 19.0 Å². The predicted molar refractivity (Wildman–Crippen MR) is 112 cm³/mol. The number of para-hydroxylation sites is 1. The first kappa shape index (κ1) is 20.6. The first-order valence-corrected chi connectivity index (χ1v) is 9.14. The summed E-state index contributed by atoms with van der Waals surface area (Å²) in [5.41, 5.74) is 1.29. The van der Waals surface area contributed by atoms with Gasteiger partial charge >= 0.3 is 5.97 Å². The second kappa shape index (κ2) is 9.88. The van der Waals surface area contributed by atoms with Crippen LogP contribution in [0.2, 0.25) is 0 Å². The van der Waals surface area contributed by atoms with Gasteiger partial charge in [0, 0.05) is 11.3 Å². The van der Waals surface area contributed by atoms with Crippen molar-refractivity contribution in [3.8, 4) is 11.5 Å². The zero-order valence-corrected chi connectivity index (χ0v) is 16.3. The van der Waals surface area contributed by atoms with E-state index in [2.05, 4.69) is 15.4 Å². The number of esters is 1. The third kappa shape index (κ3) is 5.68. The topological polar surface area (TPSA) is 93.7 Å². The summed E-state index contributed by atoms with van der Waals surface area (Å²) in [6, 6.07) is 22.2. The van der Waals surface area contributed by atoms with Crippen molar-refractivity contribution in [1.29, 1.82) is 0 Å². The number of nitrogens with one attached hydrogen (secondary N) is 2. The van der Waals surface area contributed by atoms with Crippen LogP contribution >= 0.6 is 0 Å². The highest BCUT2D eigenvalue weighted by atomic mass is 16.5. The summed E-state index contributed by atoms with van der Waals surface area (Å²) in [4.78, 5) is 35.7. The Kier molecular flexibility index (Phi) is 6.78. The molecule has 0 bridgehead atoms. The smallest absolute Gasteiger partial charge is 0.337 e. The molecule has 0 spiro atoms. The van der Waals surface area contributed by atoms with E-state index in [9.17, 15) is 14.4 Å². The van der Waals surface area contributed by atoms with Gasteiger partial charge in [0.05, 0.1) is 19.2 Å². The maximum absolute atomic E-state index is 12.2. The fraction of sp³-hybridized carbons (Fsp3) is 0.0870. The van der Waals surface area contributed by atoms with Crippen LogP contribution in [0.15, 0.2) is 78.9 Å². The molecule has 7 nitrogen and oxygen atoms in total.